The van der Waals surface area contributed by atoms with Crippen molar-refractivity contribution in [1.82, 2.24) is 0 Å². The highest BCUT2D eigenvalue weighted by Crippen LogP contribution is 2.26. The Morgan fingerprint density at radius 3 is 1.94 bits per heavy atom. The Balaban J connectivity index is 2.16. The zero-order valence-electron chi connectivity index (χ0n) is 13.0. The first-order chi connectivity index (χ1) is 8.76. The molecular weight excluding hydrogens is 236 g/mol. The molecule has 18 heavy (non-hydrogen) atoms. The summed E-state index contributed by atoms with van der Waals surface area (Å²) in [5.74, 6) is 0.869. The molecule has 0 radical (unpaired) electrons. The van der Waals surface area contributed by atoms with E-state index in [4.69, 9.17) is 4.74 Å². The monoisotopic (exact) mass is 270 g/mol. The largest absolute Gasteiger partial charge is 0.381 e. The number of ether oxygens (including phenoxy) is 1. The van der Waals surface area contributed by atoms with Crippen LogP contribution in [0.15, 0.2) is 0 Å². The van der Waals surface area contributed by atoms with E-state index in [1.54, 1.807) is 0 Å². The third-order valence-electron chi connectivity index (χ3n) is 5.36. The smallest absolute Gasteiger partial charge is 0.0550 e. The molecule has 1 saturated carbocycles. The lowest BCUT2D eigenvalue weighted by molar-refractivity contribution is 0.103. The van der Waals surface area contributed by atoms with Crippen LogP contribution in [0.4, 0.5) is 0 Å². The summed E-state index contributed by atoms with van der Waals surface area (Å²) in [7, 11) is -0.939. The highest BCUT2D eigenvalue weighted by atomic mass is 28.3. The summed E-state index contributed by atoms with van der Waals surface area (Å²) in [5, 5.41) is 0. The van der Waals surface area contributed by atoms with Crippen LogP contribution in [0.2, 0.25) is 24.2 Å². The molecule has 0 heterocycles. The standard InChI is InChI=1S/C16H34OSi/c1-4-18(5-2,6-3)14-13-17-15-16-11-9-7-8-10-12-16/h16H,4-15H2,1-3H3. The zero-order chi connectivity index (χ0) is 13.3. The number of rotatable bonds is 8. The van der Waals surface area contributed by atoms with Crippen LogP contribution in [0.1, 0.15) is 59.3 Å². The predicted octanol–water partition coefficient (Wildman–Crippen LogP) is 5.48. The Labute approximate surface area is 116 Å². The fraction of sp³-hybridized carbons (Fsp3) is 1.00. The first-order valence-electron chi connectivity index (χ1n) is 8.34. The second-order valence-corrected chi connectivity index (χ2v) is 11.9. The van der Waals surface area contributed by atoms with Gasteiger partial charge in [0.15, 0.2) is 0 Å². The predicted molar refractivity (Wildman–Crippen MR) is 84.0 cm³/mol. The van der Waals surface area contributed by atoms with E-state index in [-0.39, 0.29) is 0 Å². The topological polar surface area (TPSA) is 9.23 Å². The van der Waals surface area contributed by atoms with Gasteiger partial charge in [-0.3, -0.25) is 0 Å². The van der Waals surface area contributed by atoms with Crippen LogP contribution in [0.3, 0.4) is 0 Å². The molecule has 108 valence electrons. The molecule has 0 amide bonds. The molecule has 0 aromatic carbocycles. The van der Waals surface area contributed by atoms with Crippen molar-refractivity contribution in [2.45, 2.75) is 83.5 Å². The summed E-state index contributed by atoms with van der Waals surface area (Å²) < 4.78 is 6.02. The molecule has 1 fully saturated rings. The van der Waals surface area contributed by atoms with Gasteiger partial charge in [-0.2, -0.15) is 0 Å². The van der Waals surface area contributed by atoms with Gasteiger partial charge in [0.2, 0.25) is 0 Å². The molecule has 0 aromatic rings. The second-order valence-electron chi connectivity index (χ2n) is 6.24. The summed E-state index contributed by atoms with van der Waals surface area (Å²) in [6, 6.07) is 5.70. The maximum Gasteiger partial charge on any atom is 0.0550 e. The van der Waals surface area contributed by atoms with E-state index >= 15 is 0 Å². The van der Waals surface area contributed by atoms with Gasteiger partial charge in [-0.1, -0.05) is 64.6 Å². The van der Waals surface area contributed by atoms with E-state index in [9.17, 15) is 0 Å². The molecule has 2 heteroatoms. The fourth-order valence-corrected chi connectivity index (χ4v) is 6.49. The van der Waals surface area contributed by atoms with Crippen LogP contribution >= 0.6 is 0 Å². The van der Waals surface area contributed by atoms with Gasteiger partial charge in [0.1, 0.15) is 0 Å². The van der Waals surface area contributed by atoms with Crippen molar-refractivity contribution < 1.29 is 4.74 Å². The van der Waals surface area contributed by atoms with E-state index in [0.29, 0.717) is 0 Å². The summed E-state index contributed by atoms with van der Waals surface area (Å²) in [6.07, 6.45) is 8.61. The molecule has 0 atom stereocenters. The lowest BCUT2D eigenvalue weighted by atomic mass is 10.0. The molecule has 1 rings (SSSR count). The van der Waals surface area contributed by atoms with Gasteiger partial charge in [-0.25, -0.2) is 0 Å². The lowest BCUT2D eigenvalue weighted by Crippen LogP contribution is -2.32. The molecule has 0 spiro atoms. The maximum atomic E-state index is 6.02. The molecule has 1 aliphatic carbocycles. The first kappa shape index (κ1) is 16.2. The molecule has 0 saturated heterocycles. The van der Waals surface area contributed by atoms with Crippen molar-refractivity contribution in [1.29, 1.82) is 0 Å². The second kappa shape index (κ2) is 9.14. The molecule has 0 bridgehead atoms. The third kappa shape index (κ3) is 5.44. The first-order valence-corrected chi connectivity index (χ1v) is 11.2. The van der Waals surface area contributed by atoms with E-state index in [2.05, 4.69) is 20.8 Å². The molecule has 0 N–H and O–H groups in total. The van der Waals surface area contributed by atoms with Crippen LogP contribution in [-0.2, 0) is 4.74 Å². The van der Waals surface area contributed by atoms with Crippen LogP contribution in [0.5, 0.6) is 0 Å². The van der Waals surface area contributed by atoms with Gasteiger partial charge < -0.3 is 4.74 Å². The zero-order valence-corrected chi connectivity index (χ0v) is 14.0. The van der Waals surface area contributed by atoms with Crippen LogP contribution in [0.25, 0.3) is 0 Å². The minimum Gasteiger partial charge on any atom is -0.381 e. The molecule has 0 aromatic heterocycles. The van der Waals surface area contributed by atoms with Crippen molar-refractivity contribution in [3.05, 3.63) is 0 Å². The molecule has 0 aliphatic heterocycles. The van der Waals surface area contributed by atoms with E-state index in [1.807, 2.05) is 0 Å². The summed E-state index contributed by atoms with van der Waals surface area (Å²) in [4.78, 5) is 0. The van der Waals surface area contributed by atoms with Crippen molar-refractivity contribution in [3.8, 4) is 0 Å². The highest BCUT2D eigenvalue weighted by molar-refractivity contribution is 6.79. The highest BCUT2D eigenvalue weighted by Gasteiger charge is 2.26. The summed E-state index contributed by atoms with van der Waals surface area (Å²) >= 11 is 0. The minimum absolute atomic E-state index is 0.869. The fourth-order valence-electron chi connectivity index (χ4n) is 3.35. The molecule has 0 unspecified atom stereocenters. The van der Waals surface area contributed by atoms with Gasteiger partial charge in [0, 0.05) is 13.2 Å². The average molecular weight is 271 g/mol. The quantitative estimate of drug-likeness (QED) is 0.322. The average Bonchev–Trinajstić information content (AvgIpc) is 2.68. The SMILES string of the molecule is CC[Si](CC)(CC)CCOCC1CCCCCC1. The molecule has 1 aliphatic rings. The third-order valence-corrected chi connectivity index (χ3v) is 11.1. The summed E-state index contributed by atoms with van der Waals surface area (Å²) in [5.41, 5.74) is 0. The van der Waals surface area contributed by atoms with E-state index in [1.165, 1.54) is 62.7 Å². The Bertz CT molecular complexity index is 185. The van der Waals surface area contributed by atoms with E-state index < -0.39 is 8.07 Å². The Hall–Kier alpha value is 0.177. The van der Waals surface area contributed by atoms with Crippen molar-refractivity contribution in [3.63, 3.8) is 0 Å². The number of hydrogen-bond donors (Lipinski definition) is 0. The maximum absolute atomic E-state index is 6.02. The van der Waals surface area contributed by atoms with Gasteiger partial charge in [0.25, 0.3) is 0 Å². The normalized spacial score (nSPS) is 18.8. The molecule has 1 nitrogen and oxygen atoms in total. The van der Waals surface area contributed by atoms with Crippen LogP contribution in [-0.4, -0.2) is 21.3 Å². The van der Waals surface area contributed by atoms with Gasteiger partial charge in [-0.05, 0) is 24.8 Å². The van der Waals surface area contributed by atoms with E-state index in [0.717, 1.165) is 19.1 Å². The van der Waals surface area contributed by atoms with Gasteiger partial charge in [0.05, 0.1) is 8.07 Å². The van der Waals surface area contributed by atoms with Crippen molar-refractivity contribution in [2.24, 2.45) is 5.92 Å². The molecular formula is C16H34OSi. The Morgan fingerprint density at radius 1 is 0.889 bits per heavy atom. The lowest BCUT2D eigenvalue weighted by Gasteiger charge is -2.28. The van der Waals surface area contributed by atoms with Crippen molar-refractivity contribution >= 4 is 8.07 Å². The van der Waals surface area contributed by atoms with Crippen molar-refractivity contribution in [2.75, 3.05) is 13.2 Å². The summed E-state index contributed by atoms with van der Waals surface area (Å²) in [6.45, 7) is 9.26. The van der Waals surface area contributed by atoms with Crippen LogP contribution < -0.4 is 0 Å². The number of hydrogen-bond acceptors (Lipinski definition) is 1. The Morgan fingerprint density at radius 2 is 1.44 bits per heavy atom. The minimum atomic E-state index is -0.939. The van der Waals surface area contributed by atoms with Crippen LogP contribution in [0, 0.1) is 5.92 Å². The van der Waals surface area contributed by atoms with Gasteiger partial charge >= 0.3 is 0 Å². The van der Waals surface area contributed by atoms with Gasteiger partial charge in [-0.15, -0.1) is 0 Å². The Kier molecular flexibility index (Phi) is 8.24.